The maximum Gasteiger partial charge on any atom is 0.233 e. The molecule has 2 aromatic heterocycles. The van der Waals surface area contributed by atoms with E-state index in [1.807, 2.05) is 24.4 Å². The number of thioether (sulfide) groups is 1. The minimum atomic E-state index is -0.271. The fourth-order valence-corrected chi connectivity index (χ4v) is 4.71. The highest BCUT2D eigenvalue weighted by molar-refractivity contribution is 8.00. The second kappa shape index (κ2) is 7.78. The first-order valence-electron chi connectivity index (χ1n) is 8.68. The normalized spacial score (nSPS) is 24.8. The summed E-state index contributed by atoms with van der Waals surface area (Å²) in [7, 11) is 0. The van der Waals surface area contributed by atoms with E-state index >= 15 is 0 Å². The summed E-state index contributed by atoms with van der Waals surface area (Å²) in [5.41, 5.74) is 0. The van der Waals surface area contributed by atoms with E-state index in [4.69, 9.17) is 5.84 Å². The quantitative estimate of drug-likeness (QED) is 0.616. The lowest BCUT2D eigenvalue weighted by Gasteiger charge is -2.35. The van der Waals surface area contributed by atoms with Crippen molar-refractivity contribution in [1.82, 2.24) is 20.2 Å². The van der Waals surface area contributed by atoms with E-state index in [0.717, 1.165) is 11.3 Å². The van der Waals surface area contributed by atoms with Gasteiger partial charge in [0.15, 0.2) is 5.82 Å². The predicted octanol–water partition coefficient (Wildman–Crippen LogP) is 3.14. The minimum Gasteiger partial charge on any atom is -0.352 e. The molecule has 1 saturated carbocycles. The molecule has 0 radical (unpaired) electrons. The van der Waals surface area contributed by atoms with E-state index in [1.54, 1.807) is 11.3 Å². The van der Waals surface area contributed by atoms with Crippen LogP contribution in [-0.4, -0.2) is 32.1 Å². The van der Waals surface area contributed by atoms with Crippen LogP contribution in [-0.2, 0) is 4.79 Å². The van der Waals surface area contributed by atoms with Gasteiger partial charge in [-0.2, -0.15) is 0 Å². The molecule has 0 bridgehead atoms. The van der Waals surface area contributed by atoms with E-state index in [1.165, 1.54) is 29.3 Å². The summed E-state index contributed by atoms with van der Waals surface area (Å²) >= 11 is 2.90. The molecule has 3 rings (SSSR count). The van der Waals surface area contributed by atoms with Crippen LogP contribution < -0.4 is 11.2 Å². The molecule has 6 nitrogen and oxygen atoms in total. The van der Waals surface area contributed by atoms with Crippen molar-refractivity contribution >= 4 is 29.0 Å². The van der Waals surface area contributed by atoms with Crippen molar-refractivity contribution in [3.8, 4) is 10.7 Å². The third-order valence-corrected chi connectivity index (χ3v) is 7.01. The van der Waals surface area contributed by atoms with E-state index in [-0.39, 0.29) is 17.2 Å². The van der Waals surface area contributed by atoms with E-state index in [2.05, 4.69) is 29.4 Å². The number of hydrogen-bond donors (Lipinski definition) is 2. The molecule has 0 aromatic carbocycles. The zero-order valence-electron chi connectivity index (χ0n) is 14.8. The Bertz CT molecular complexity index is 715. The molecule has 25 heavy (non-hydrogen) atoms. The second-order valence-electron chi connectivity index (χ2n) is 6.80. The van der Waals surface area contributed by atoms with Gasteiger partial charge in [0.25, 0.3) is 0 Å². The highest BCUT2D eigenvalue weighted by Crippen LogP contribution is 2.31. The maximum absolute atomic E-state index is 12.6. The van der Waals surface area contributed by atoms with Gasteiger partial charge in [-0.05, 0) is 36.6 Å². The zero-order valence-corrected chi connectivity index (χ0v) is 16.4. The van der Waals surface area contributed by atoms with Gasteiger partial charge in [-0.15, -0.1) is 21.5 Å². The van der Waals surface area contributed by atoms with Crippen molar-refractivity contribution in [3.05, 3.63) is 17.5 Å². The van der Waals surface area contributed by atoms with Gasteiger partial charge in [0.05, 0.1) is 10.1 Å². The molecule has 136 valence electrons. The van der Waals surface area contributed by atoms with Crippen LogP contribution in [0.15, 0.2) is 22.7 Å². The van der Waals surface area contributed by atoms with Gasteiger partial charge >= 0.3 is 0 Å². The van der Waals surface area contributed by atoms with E-state index in [9.17, 15) is 4.79 Å². The number of nitrogens with zero attached hydrogens (tertiary/aromatic N) is 3. The largest absolute Gasteiger partial charge is 0.352 e. The van der Waals surface area contributed by atoms with Crippen LogP contribution in [0.4, 0.5) is 0 Å². The molecule has 1 fully saturated rings. The first-order chi connectivity index (χ1) is 12.0. The van der Waals surface area contributed by atoms with Crippen LogP contribution in [0.1, 0.15) is 40.0 Å². The van der Waals surface area contributed by atoms with Gasteiger partial charge in [-0.25, -0.2) is 4.68 Å². The Morgan fingerprint density at radius 2 is 2.24 bits per heavy atom. The van der Waals surface area contributed by atoms with Crippen molar-refractivity contribution < 1.29 is 4.79 Å². The lowest BCUT2D eigenvalue weighted by molar-refractivity contribution is -0.121. The number of nitrogens with one attached hydrogen (secondary N) is 1. The first kappa shape index (κ1) is 18.3. The maximum atomic E-state index is 12.6. The fourth-order valence-electron chi connectivity index (χ4n) is 3.23. The summed E-state index contributed by atoms with van der Waals surface area (Å²) in [6.07, 6.45) is 3.49. The van der Waals surface area contributed by atoms with Gasteiger partial charge in [0.1, 0.15) is 0 Å². The van der Waals surface area contributed by atoms with Crippen molar-refractivity contribution in [2.24, 2.45) is 11.8 Å². The minimum absolute atomic E-state index is 0.0385. The number of hydrogen-bond acceptors (Lipinski definition) is 6. The molecule has 4 atom stereocenters. The van der Waals surface area contributed by atoms with Crippen molar-refractivity contribution in [2.45, 2.75) is 56.5 Å². The van der Waals surface area contributed by atoms with E-state index < -0.39 is 0 Å². The lowest BCUT2D eigenvalue weighted by Crippen LogP contribution is -2.46. The summed E-state index contributed by atoms with van der Waals surface area (Å²) in [5, 5.41) is 13.8. The smallest absolute Gasteiger partial charge is 0.233 e. The Morgan fingerprint density at radius 3 is 2.96 bits per heavy atom. The standard InChI is InChI=1S/C17H25N5OS2/c1-10-6-4-7-13(11(10)2)19-16(23)12(3)25-17-21-20-15(22(17)18)14-8-5-9-24-14/h5,8-13H,4,6-7,18H2,1-3H3,(H,19,23)/t10-,11+,12-,13-/m1/s1. The molecule has 0 unspecified atom stereocenters. The van der Waals surface area contributed by atoms with Crippen LogP contribution in [0.2, 0.25) is 0 Å². The molecule has 1 aliphatic carbocycles. The number of thiophene rings is 1. The molecule has 0 aliphatic heterocycles. The summed E-state index contributed by atoms with van der Waals surface area (Å²) in [4.78, 5) is 13.5. The zero-order chi connectivity index (χ0) is 18.0. The second-order valence-corrected chi connectivity index (χ2v) is 9.05. The molecule has 0 spiro atoms. The lowest BCUT2D eigenvalue weighted by atomic mass is 9.78. The monoisotopic (exact) mass is 379 g/mol. The summed E-state index contributed by atoms with van der Waals surface area (Å²) in [6, 6.07) is 4.16. The summed E-state index contributed by atoms with van der Waals surface area (Å²) in [5.74, 6) is 7.94. The van der Waals surface area contributed by atoms with Crippen LogP contribution in [0.3, 0.4) is 0 Å². The number of aromatic nitrogens is 3. The highest BCUT2D eigenvalue weighted by atomic mass is 32.2. The Morgan fingerprint density at radius 1 is 1.44 bits per heavy atom. The molecule has 8 heteroatoms. The fraction of sp³-hybridized carbons (Fsp3) is 0.588. The third kappa shape index (κ3) is 4.00. The van der Waals surface area contributed by atoms with Crippen LogP contribution in [0, 0.1) is 11.8 Å². The average Bonchev–Trinajstić information content (AvgIpc) is 3.22. The molecule has 1 amide bonds. The molecule has 2 aromatic rings. The van der Waals surface area contributed by atoms with Gasteiger partial charge < -0.3 is 11.2 Å². The number of rotatable bonds is 5. The molecule has 3 N–H and O–H groups in total. The SMILES string of the molecule is C[C@H]1[C@H](C)CCC[C@H]1NC(=O)[C@@H](C)Sc1nnc(-c2cccs2)n1N. The van der Waals surface area contributed by atoms with Crippen molar-refractivity contribution in [2.75, 3.05) is 5.84 Å². The van der Waals surface area contributed by atoms with Crippen LogP contribution in [0.25, 0.3) is 10.7 Å². The molecular weight excluding hydrogens is 354 g/mol. The number of nitrogen functional groups attached to an aromatic ring is 1. The number of amides is 1. The topological polar surface area (TPSA) is 85.8 Å². The van der Waals surface area contributed by atoms with Crippen molar-refractivity contribution in [1.29, 1.82) is 0 Å². The van der Waals surface area contributed by atoms with Gasteiger partial charge in [-0.3, -0.25) is 4.79 Å². The van der Waals surface area contributed by atoms with Crippen LogP contribution >= 0.6 is 23.1 Å². The third-order valence-electron chi connectivity index (χ3n) is 5.09. The highest BCUT2D eigenvalue weighted by Gasteiger charge is 2.30. The predicted molar refractivity (Wildman–Crippen MR) is 103 cm³/mol. The van der Waals surface area contributed by atoms with Gasteiger partial charge in [0.2, 0.25) is 11.1 Å². The average molecular weight is 380 g/mol. The number of nitrogens with two attached hydrogens (primary N) is 1. The number of carbonyl (C=O) groups is 1. The Kier molecular flexibility index (Phi) is 5.68. The molecule has 2 heterocycles. The summed E-state index contributed by atoms with van der Waals surface area (Å²) < 4.78 is 1.46. The molecular formula is C17H25N5OS2. The summed E-state index contributed by atoms with van der Waals surface area (Å²) in [6.45, 7) is 6.39. The van der Waals surface area contributed by atoms with Gasteiger partial charge in [0, 0.05) is 6.04 Å². The van der Waals surface area contributed by atoms with E-state index in [0.29, 0.717) is 22.8 Å². The number of carbonyl (C=O) groups excluding carboxylic acids is 1. The Hall–Kier alpha value is -1.54. The first-order valence-corrected chi connectivity index (χ1v) is 10.4. The van der Waals surface area contributed by atoms with Gasteiger partial charge in [-0.1, -0.05) is 44.5 Å². The molecule has 1 aliphatic rings. The Labute approximate surface area is 156 Å². The van der Waals surface area contributed by atoms with Crippen molar-refractivity contribution in [3.63, 3.8) is 0 Å². The Balaban J connectivity index is 1.62. The molecule has 0 saturated heterocycles. The van der Waals surface area contributed by atoms with Crippen LogP contribution in [0.5, 0.6) is 0 Å².